The van der Waals surface area contributed by atoms with Gasteiger partial charge < -0.3 is 9.50 Å². The Morgan fingerprint density at radius 2 is 1.80 bits per heavy atom. The lowest BCUT2D eigenvalue weighted by atomic mass is 10.2. The first kappa shape index (κ1) is 19.2. The largest absolute Gasteiger partial charge is 0.379 e. The molecule has 2 aromatic rings. The van der Waals surface area contributed by atoms with Crippen LogP contribution in [-0.4, -0.2) is 20.9 Å². The third-order valence-corrected chi connectivity index (χ3v) is 5.05. The number of nitrogens with one attached hydrogen (secondary N) is 1. The molecule has 0 saturated heterocycles. The van der Waals surface area contributed by atoms with E-state index in [4.69, 9.17) is 4.18 Å². The number of carbonyl (C=O) groups is 1. The van der Waals surface area contributed by atoms with Gasteiger partial charge in [-0.05, 0) is 55.3 Å². The summed E-state index contributed by atoms with van der Waals surface area (Å²) in [5.41, 5.74) is 1.83. The zero-order valence-electron chi connectivity index (χ0n) is 13.9. The molecule has 0 aliphatic rings. The monoisotopic (exact) mass is 423 g/mol. The van der Waals surface area contributed by atoms with Gasteiger partial charge >= 0.3 is 10.1 Å². The molecule has 0 saturated carbocycles. The molecule has 1 N–H and O–H groups in total. The van der Waals surface area contributed by atoms with Crippen molar-refractivity contribution in [3.05, 3.63) is 70.2 Å². The summed E-state index contributed by atoms with van der Waals surface area (Å²) in [5.74, 6) is -0.146. The van der Waals surface area contributed by atoms with Crippen LogP contribution in [0.25, 0.3) is 0 Å². The predicted octanol–water partition coefficient (Wildman–Crippen LogP) is 3.71. The van der Waals surface area contributed by atoms with Gasteiger partial charge in [0.2, 0.25) is 0 Å². The van der Waals surface area contributed by atoms with Crippen molar-refractivity contribution in [1.29, 1.82) is 0 Å². The van der Waals surface area contributed by atoms with Crippen LogP contribution >= 0.6 is 15.9 Å². The molecule has 0 atom stereocenters. The molecule has 0 aliphatic carbocycles. The summed E-state index contributed by atoms with van der Waals surface area (Å²) in [6, 6.07) is 11.0. The van der Waals surface area contributed by atoms with E-state index in [0.29, 0.717) is 22.2 Å². The molecule has 0 unspecified atom stereocenters. The average Bonchev–Trinajstić information content (AvgIpc) is 2.55. The second-order valence-corrected chi connectivity index (χ2v) is 8.17. The number of hydrogen-bond acceptors (Lipinski definition) is 4. The highest BCUT2D eigenvalue weighted by molar-refractivity contribution is 9.11. The number of halogens is 1. The molecule has 0 bridgehead atoms. The zero-order valence-corrected chi connectivity index (χ0v) is 16.3. The minimum Gasteiger partial charge on any atom is -0.379 e. The highest BCUT2D eigenvalue weighted by Crippen LogP contribution is 2.22. The number of rotatable bonds is 6. The summed E-state index contributed by atoms with van der Waals surface area (Å²) in [5, 5.41) is 2.66. The lowest BCUT2D eigenvalue weighted by molar-refractivity contribution is 0.0958. The predicted molar refractivity (Wildman–Crippen MR) is 101 cm³/mol. The van der Waals surface area contributed by atoms with Crippen LogP contribution in [0.15, 0.2) is 58.4 Å². The van der Waals surface area contributed by atoms with Crippen LogP contribution in [0.4, 0.5) is 0 Å². The molecule has 25 heavy (non-hydrogen) atoms. The molecule has 2 aromatic carbocycles. The van der Waals surface area contributed by atoms with E-state index in [1.54, 1.807) is 19.1 Å². The van der Waals surface area contributed by atoms with E-state index in [2.05, 4.69) is 27.8 Å². The van der Waals surface area contributed by atoms with Crippen molar-refractivity contribution >= 4 is 32.0 Å². The molecule has 1 amide bonds. The van der Waals surface area contributed by atoms with Crippen molar-refractivity contribution in [2.24, 2.45) is 0 Å². The first-order valence-electron chi connectivity index (χ1n) is 7.42. The van der Waals surface area contributed by atoms with E-state index in [-0.39, 0.29) is 16.6 Å². The molecule has 2 rings (SSSR count). The van der Waals surface area contributed by atoms with Gasteiger partial charge in [0.1, 0.15) is 10.6 Å². The molecule has 0 aromatic heterocycles. The van der Waals surface area contributed by atoms with Gasteiger partial charge in [-0.1, -0.05) is 34.6 Å². The van der Waals surface area contributed by atoms with Gasteiger partial charge in [0, 0.05) is 16.6 Å². The van der Waals surface area contributed by atoms with Crippen LogP contribution in [0.1, 0.15) is 21.5 Å². The Morgan fingerprint density at radius 3 is 2.40 bits per heavy atom. The molecular weight excluding hydrogens is 406 g/mol. The molecule has 0 fully saturated rings. The Kier molecular flexibility index (Phi) is 6.02. The molecular formula is C18H18BrNO4S. The van der Waals surface area contributed by atoms with Crippen LogP contribution < -0.4 is 9.50 Å². The quantitative estimate of drug-likeness (QED) is 0.718. The van der Waals surface area contributed by atoms with Crippen molar-refractivity contribution < 1.29 is 17.4 Å². The van der Waals surface area contributed by atoms with E-state index in [1.807, 2.05) is 13.0 Å². The van der Waals surface area contributed by atoms with Crippen molar-refractivity contribution in [1.82, 2.24) is 5.32 Å². The van der Waals surface area contributed by atoms with Crippen LogP contribution in [-0.2, 0) is 10.1 Å². The second-order valence-electron chi connectivity index (χ2n) is 5.53. The highest BCUT2D eigenvalue weighted by atomic mass is 79.9. The van der Waals surface area contributed by atoms with Gasteiger partial charge in [-0.3, -0.25) is 4.79 Å². The lowest BCUT2D eigenvalue weighted by Gasteiger charge is -2.10. The second kappa shape index (κ2) is 7.84. The number of amides is 1. The van der Waals surface area contributed by atoms with Gasteiger partial charge in [0.25, 0.3) is 5.91 Å². The molecule has 0 aliphatic heterocycles. The van der Waals surface area contributed by atoms with E-state index >= 15 is 0 Å². The fourth-order valence-electron chi connectivity index (χ4n) is 2.09. The fourth-order valence-corrected chi connectivity index (χ4v) is 3.48. The average molecular weight is 424 g/mol. The topological polar surface area (TPSA) is 72.5 Å². The number of benzene rings is 2. The van der Waals surface area contributed by atoms with Gasteiger partial charge in [-0.2, -0.15) is 8.42 Å². The van der Waals surface area contributed by atoms with Crippen molar-refractivity contribution in [3.8, 4) is 5.75 Å². The third-order valence-electron chi connectivity index (χ3n) is 3.38. The van der Waals surface area contributed by atoms with E-state index < -0.39 is 10.1 Å². The Labute approximate surface area is 156 Å². The molecule has 0 heterocycles. The zero-order chi connectivity index (χ0) is 18.6. The third kappa shape index (κ3) is 5.17. The minimum absolute atomic E-state index is 0.130. The van der Waals surface area contributed by atoms with Crippen molar-refractivity contribution in [2.45, 2.75) is 18.7 Å². The van der Waals surface area contributed by atoms with E-state index in [9.17, 15) is 13.2 Å². The maximum absolute atomic E-state index is 12.5. The first-order chi connectivity index (χ1) is 11.7. The van der Waals surface area contributed by atoms with Gasteiger partial charge in [0.15, 0.2) is 0 Å². The Hall–Kier alpha value is -2.12. The summed E-state index contributed by atoms with van der Waals surface area (Å²) in [6.45, 7) is 7.46. The van der Waals surface area contributed by atoms with Crippen LogP contribution in [0.5, 0.6) is 5.75 Å². The van der Waals surface area contributed by atoms with E-state index in [0.717, 1.165) is 5.56 Å². The molecule has 132 valence electrons. The first-order valence-corrected chi connectivity index (χ1v) is 9.62. The SMILES string of the molecule is C=C(Br)CNC(=O)c1ccc(OS(=O)(=O)c2cc(C)ccc2C)cc1. The van der Waals surface area contributed by atoms with E-state index in [1.165, 1.54) is 24.3 Å². The summed E-state index contributed by atoms with van der Waals surface area (Å²) >= 11 is 3.16. The fraction of sp³-hybridized carbons (Fsp3) is 0.167. The number of hydrogen-bond donors (Lipinski definition) is 1. The van der Waals surface area contributed by atoms with Crippen LogP contribution in [0.2, 0.25) is 0 Å². The summed E-state index contributed by atoms with van der Waals surface area (Å²) in [4.78, 5) is 12.0. The summed E-state index contributed by atoms with van der Waals surface area (Å²) in [6.07, 6.45) is 0. The van der Waals surface area contributed by atoms with Crippen molar-refractivity contribution in [2.75, 3.05) is 6.54 Å². The normalized spacial score (nSPS) is 11.0. The summed E-state index contributed by atoms with van der Waals surface area (Å²) < 4.78 is 30.7. The van der Waals surface area contributed by atoms with Crippen LogP contribution in [0, 0.1) is 13.8 Å². The van der Waals surface area contributed by atoms with Crippen LogP contribution in [0.3, 0.4) is 0 Å². The maximum atomic E-state index is 12.5. The minimum atomic E-state index is -3.94. The summed E-state index contributed by atoms with van der Waals surface area (Å²) in [7, 11) is -3.94. The Balaban J connectivity index is 2.16. The smallest absolute Gasteiger partial charge is 0.339 e. The van der Waals surface area contributed by atoms with Gasteiger partial charge in [0.05, 0.1) is 0 Å². The number of aryl methyl sites for hydroxylation is 2. The molecule has 0 radical (unpaired) electrons. The Morgan fingerprint density at radius 1 is 1.16 bits per heavy atom. The lowest BCUT2D eigenvalue weighted by Crippen LogP contribution is -2.24. The van der Waals surface area contributed by atoms with Gasteiger partial charge in [-0.25, -0.2) is 0 Å². The maximum Gasteiger partial charge on any atom is 0.339 e. The van der Waals surface area contributed by atoms with Crippen molar-refractivity contribution in [3.63, 3.8) is 0 Å². The molecule has 5 nitrogen and oxygen atoms in total. The highest BCUT2D eigenvalue weighted by Gasteiger charge is 2.19. The standard InChI is InChI=1S/C18H18BrNO4S/c1-12-4-5-13(2)17(10-12)25(22,23)24-16-8-6-15(7-9-16)18(21)20-11-14(3)19/h4-10H,3,11H2,1-2H3,(H,20,21). The van der Waals surface area contributed by atoms with Gasteiger partial charge in [-0.15, -0.1) is 0 Å². The molecule has 7 heteroatoms. The number of carbonyl (C=O) groups excluding carboxylic acids is 1. The molecule has 0 spiro atoms. The Bertz CT molecular complexity index is 905.